The zero-order valence-corrected chi connectivity index (χ0v) is 21.0. The third-order valence-electron chi connectivity index (χ3n) is 5.29. The van der Waals surface area contributed by atoms with Crippen LogP contribution >= 0.6 is 27.5 Å². The number of carbonyl (C=O) groups is 1. The van der Waals surface area contributed by atoms with Crippen molar-refractivity contribution in [2.75, 3.05) is 6.61 Å². The molecule has 5 nitrogen and oxygen atoms in total. The first kappa shape index (κ1) is 19.5. The first-order chi connectivity index (χ1) is 14.0. The third-order valence-corrected chi connectivity index (χ3v) is 10.3. The number of ether oxygens (including phenoxy) is 1. The summed E-state index contributed by atoms with van der Waals surface area (Å²) >= 11 is 3.47. The van der Waals surface area contributed by atoms with Crippen molar-refractivity contribution in [1.29, 1.82) is 0 Å². The molecule has 146 valence electrons. The molecule has 2 aliphatic rings. The maximum absolute atomic E-state index is 13.1. The van der Waals surface area contributed by atoms with Gasteiger partial charge >= 0.3 is 191 Å². The molecule has 2 aromatic carbocycles. The maximum atomic E-state index is 13.1. The van der Waals surface area contributed by atoms with E-state index in [2.05, 4.69) is 22.9 Å². The van der Waals surface area contributed by atoms with E-state index in [0.717, 1.165) is 49.0 Å². The molecular formula is C21H17BrN2O3SSn. The average Bonchev–Trinajstić information content (AvgIpc) is 3.03. The van der Waals surface area contributed by atoms with Crippen LogP contribution in [0.4, 0.5) is 5.69 Å². The second kappa shape index (κ2) is 7.66. The normalized spacial score (nSPS) is 19.0. The van der Waals surface area contributed by atoms with Gasteiger partial charge in [-0.3, -0.25) is 0 Å². The summed E-state index contributed by atoms with van der Waals surface area (Å²) in [7, 11) is 0. The molecule has 5 rings (SSSR count). The van der Waals surface area contributed by atoms with Crippen LogP contribution in [0.3, 0.4) is 0 Å². The number of nitrogens with zero attached hydrogens (tertiary/aromatic N) is 2. The number of hydrogen-bond acceptors (Lipinski definition) is 5. The van der Waals surface area contributed by atoms with Crippen molar-refractivity contribution in [2.45, 2.75) is 32.2 Å². The summed E-state index contributed by atoms with van der Waals surface area (Å²) in [6, 6.07) is 9.69. The predicted octanol–water partition coefficient (Wildman–Crippen LogP) is 3.94. The van der Waals surface area contributed by atoms with Crippen LogP contribution in [0.1, 0.15) is 37.8 Å². The van der Waals surface area contributed by atoms with Crippen LogP contribution < -0.4 is 13.9 Å². The Labute approximate surface area is 190 Å². The van der Waals surface area contributed by atoms with Gasteiger partial charge in [0.25, 0.3) is 0 Å². The Morgan fingerprint density at radius 3 is 3.00 bits per heavy atom. The monoisotopic (exact) mass is 576 g/mol. The van der Waals surface area contributed by atoms with Crippen LogP contribution in [0.2, 0.25) is 0 Å². The molecule has 0 aliphatic carbocycles. The van der Waals surface area contributed by atoms with Gasteiger partial charge in [-0.25, -0.2) is 0 Å². The van der Waals surface area contributed by atoms with E-state index in [1.807, 2.05) is 34.3 Å². The number of aliphatic imine (C=N–C) groups is 1. The van der Waals surface area contributed by atoms with Crippen LogP contribution in [-0.4, -0.2) is 41.2 Å². The Kier molecular flexibility index (Phi) is 5.16. The predicted molar refractivity (Wildman–Crippen MR) is 121 cm³/mol. The van der Waals surface area contributed by atoms with Crippen LogP contribution in [0, 0.1) is 0 Å². The van der Waals surface area contributed by atoms with Gasteiger partial charge in [-0.05, 0) is 0 Å². The van der Waals surface area contributed by atoms with Gasteiger partial charge in [0.1, 0.15) is 0 Å². The van der Waals surface area contributed by atoms with Gasteiger partial charge in [0.05, 0.1) is 0 Å². The van der Waals surface area contributed by atoms with Crippen LogP contribution in [0.25, 0.3) is 10.1 Å². The molecule has 0 saturated carbocycles. The van der Waals surface area contributed by atoms with Crippen molar-refractivity contribution in [3.05, 3.63) is 50.7 Å². The van der Waals surface area contributed by atoms with E-state index in [1.165, 1.54) is 11.5 Å². The number of hydrogen-bond donors (Lipinski definition) is 0. The van der Waals surface area contributed by atoms with E-state index in [1.54, 1.807) is 0 Å². The summed E-state index contributed by atoms with van der Waals surface area (Å²) in [5, 5.41) is 0.674. The van der Waals surface area contributed by atoms with Gasteiger partial charge in [-0.15, -0.1) is 0 Å². The molecular weight excluding hydrogens is 559 g/mol. The minimum absolute atomic E-state index is 0.0272. The van der Waals surface area contributed by atoms with Gasteiger partial charge in [-0.1, -0.05) is 0 Å². The quantitative estimate of drug-likeness (QED) is 0.382. The molecule has 3 aromatic rings. The Morgan fingerprint density at radius 2 is 2.14 bits per heavy atom. The molecule has 0 amide bonds. The van der Waals surface area contributed by atoms with E-state index in [4.69, 9.17) is 9.73 Å². The Balaban J connectivity index is 1.80. The fourth-order valence-electron chi connectivity index (χ4n) is 3.80. The molecule has 1 atom stereocenters. The summed E-state index contributed by atoms with van der Waals surface area (Å²) < 4.78 is 10.9. The van der Waals surface area contributed by atoms with Gasteiger partial charge in [-0.2, -0.15) is 0 Å². The second-order valence-electron chi connectivity index (χ2n) is 7.31. The van der Waals surface area contributed by atoms with Crippen molar-refractivity contribution in [1.82, 2.24) is 3.96 Å². The molecule has 29 heavy (non-hydrogen) atoms. The molecule has 3 heterocycles. The number of benzene rings is 2. The number of carbonyl (C=O) groups excluding carboxylic acids is 1. The fourth-order valence-corrected chi connectivity index (χ4v) is 9.10. The van der Waals surface area contributed by atoms with Gasteiger partial charge in [0.15, 0.2) is 0 Å². The van der Waals surface area contributed by atoms with Crippen molar-refractivity contribution in [2.24, 2.45) is 4.99 Å². The Bertz CT molecular complexity index is 1250. The molecule has 1 aromatic heterocycles. The number of fused-ring (bicyclic) bond motifs is 2. The van der Waals surface area contributed by atoms with Gasteiger partial charge < -0.3 is 0 Å². The molecule has 2 aliphatic heterocycles. The summed E-state index contributed by atoms with van der Waals surface area (Å²) in [5.74, 6) is 0.739. The summed E-state index contributed by atoms with van der Waals surface area (Å²) in [4.78, 5) is 30.9. The van der Waals surface area contributed by atoms with Crippen LogP contribution in [0.5, 0.6) is 5.75 Å². The Hall–Kier alpha value is -1.45. The van der Waals surface area contributed by atoms with Crippen LogP contribution in [-0.2, 0) is 4.79 Å². The average molecular weight is 576 g/mol. The zero-order valence-electron chi connectivity index (χ0n) is 15.7. The van der Waals surface area contributed by atoms with Crippen molar-refractivity contribution >= 4 is 77.5 Å². The fraction of sp³-hybridized carbons (Fsp3) is 0.286. The molecule has 8 heteroatoms. The second-order valence-corrected chi connectivity index (χ2v) is 12.8. The molecule has 4 bridgehead atoms. The number of aromatic nitrogens is 1. The van der Waals surface area contributed by atoms with Crippen molar-refractivity contribution in [3.63, 3.8) is 0 Å². The van der Waals surface area contributed by atoms with E-state index < -0.39 is 21.1 Å². The molecule has 0 N–H and O–H groups in total. The first-order valence-electron chi connectivity index (χ1n) is 9.54. The summed E-state index contributed by atoms with van der Waals surface area (Å²) in [6.07, 6.45) is 2.80. The molecule has 1 unspecified atom stereocenters. The molecule has 2 radical (unpaired) electrons. The first-order valence-corrected chi connectivity index (χ1v) is 14.0. The van der Waals surface area contributed by atoms with Gasteiger partial charge in [0.2, 0.25) is 0 Å². The molecule has 0 spiro atoms. The zero-order chi connectivity index (χ0) is 20.1. The topological polar surface area (TPSA) is 60.7 Å². The van der Waals surface area contributed by atoms with E-state index in [9.17, 15) is 9.59 Å². The Morgan fingerprint density at radius 1 is 1.28 bits per heavy atom. The van der Waals surface area contributed by atoms with E-state index >= 15 is 0 Å². The van der Waals surface area contributed by atoms with E-state index in [-0.39, 0.29) is 15.4 Å². The van der Waals surface area contributed by atoms with Crippen molar-refractivity contribution < 1.29 is 9.53 Å². The molecule has 0 saturated heterocycles. The van der Waals surface area contributed by atoms with Crippen molar-refractivity contribution in [3.8, 4) is 5.75 Å². The van der Waals surface area contributed by atoms with E-state index in [0.29, 0.717) is 17.7 Å². The summed E-state index contributed by atoms with van der Waals surface area (Å²) in [6.45, 7) is 2.68. The van der Waals surface area contributed by atoms with Crippen LogP contribution in [0.15, 0.2) is 44.6 Å². The minimum atomic E-state index is -1.54. The third kappa shape index (κ3) is 3.40. The SMILES string of the molecule is CC1CCCCOc2cc(Br)c[c]3c2N=C([C](=O)[Sn]3)c2cccc3c(=O)n1sc23. The standard InChI is InChI=1S/C21H17BrN2O3S.Sn/c1-13-5-2-3-10-27-19-11-14(22)8-9-17(19)23-18(12-25)15-6-4-7-16-20(15)28-24(13)21(16)26;/h4,6-8,11,13H,2-3,5,10H2,1H3;. The number of rotatable bonds is 0. The number of halogens is 1. The van der Waals surface area contributed by atoms with Gasteiger partial charge in [0, 0.05) is 0 Å². The summed E-state index contributed by atoms with van der Waals surface area (Å²) in [5.41, 5.74) is 2.08. The molecule has 0 fully saturated rings.